The molecule has 0 fully saturated rings. The number of rotatable bonds is 7. The van der Waals surface area contributed by atoms with Gasteiger partial charge in [0.05, 0.1) is 13.0 Å². The van der Waals surface area contributed by atoms with E-state index in [4.69, 9.17) is 4.74 Å². The third kappa shape index (κ3) is 4.66. The molecule has 2 aromatic carbocycles. The molecule has 2 atom stereocenters. The van der Waals surface area contributed by atoms with E-state index in [0.717, 1.165) is 16.9 Å². The summed E-state index contributed by atoms with van der Waals surface area (Å²) in [4.78, 5) is 11.4. The zero-order valence-corrected chi connectivity index (χ0v) is 13.9. The maximum absolute atomic E-state index is 11.4. The quantitative estimate of drug-likeness (QED) is 0.799. The summed E-state index contributed by atoms with van der Waals surface area (Å²) in [5, 5.41) is 18.6. The average Bonchev–Trinajstić information content (AvgIpc) is 2.56. The van der Waals surface area contributed by atoms with E-state index >= 15 is 0 Å². The van der Waals surface area contributed by atoms with Gasteiger partial charge in [-0.1, -0.05) is 31.2 Å². The van der Waals surface area contributed by atoms with Gasteiger partial charge in [-0.05, 0) is 35.4 Å². The molecule has 5 heteroatoms. The van der Waals surface area contributed by atoms with Crippen molar-refractivity contribution in [3.05, 3.63) is 59.7 Å². The van der Waals surface area contributed by atoms with Crippen LogP contribution in [0.1, 0.15) is 23.3 Å². The van der Waals surface area contributed by atoms with Crippen molar-refractivity contribution < 1.29 is 19.7 Å². The smallest absolute Gasteiger partial charge is 0.307 e. The first-order chi connectivity index (χ1) is 11.0. The van der Waals surface area contributed by atoms with Gasteiger partial charge in [0.25, 0.3) is 0 Å². The maximum atomic E-state index is 11.4. The summed E-state index contributed by atoms with van der Waals surface area (Å²) in [5.41, 5.74) is 2.01. The predicted octanol–water partition coefficient (Wildman–Crippen LogP) is 4.10. The Kier molecular flexibility index (Phi) is 5.93. The Morgan fingerprint density at radius 3 is 2.26 bits per heavy atom. The Bertz CT molecular complexity index is 637. The number of hydrogen-bond donors (Lipinski definition) is 2. The van der Waals surface area contributed by atoms with E-state index in [-0.39, 0.29) is 11.0 Å². The molecule has 2 rings (SSSR count). The predicted molar refractivity (Wildman–Crippen MR) is 91.9 cm³/mol. The zero-order valence-electron chi connectivity index (χ0n) is 13.1. The number of carboxylic acid groups (broad SMARTS) is 1. The summed E-state index contributed by atoms with van der Waals surface area (Å²) < 4.78 is 5.14. The summed E-state index contributed by atoms with van der Waals surface area (Å²) >= 11 is 1.58. The van der Waals surface area contributed by atoms with Crippen molar-refractivity contribution in [3.63, 3.8) is 0 Å². The second kappa shape index (κ2) is 7.92. The molecule has 2 aromatic rings. The molecule has 0 aromatic heterocycles. The highest BCUT2D eigenvalue weighted by molar-refractivity contribution is 7.98. The monoisotopic (exact) mass is 332 g/mol. The van der Waals surface area contributed by atoms with Gasteiger partial charge >= 0.3 is 5.97 Å². The van der Waals surface area contributed by atoms with Crippen molar-refractivity contribution in [1.29, 1.82) is 0 Å². The van der Waals surface area contributed by atoms with E-state index in [2.05, 4.69) is 0 Å². The molecular weight excluding hydrogens is 312 g/mol. The summed E-state index contributed by atoms with van der Waals surface area (Å²) in [6.07, 6.45) is 0. The maximum Gasteiger partial charge on any atom is 0.307 e. The molecule has 23 heavy (non-hydrogen) atoms. The fourth-order valence-electron chi connectivity index (χ4n) is 2.23. The molecule has 0 heterocycles. The molecule has 0 saturated heterocycles. The zero-order chi connectivity index (χ0) is 16.8. The average molecular weight is 332 g/mol. The Morgan fingerprint density at radius 1 is 1.13 bits per heavy atom. The Morgan fingerprint density at radius 2 is 1.74 bits per heavy atom. The van der Waals surface area contributed by atoms with Crippen LogP contribution in [0.5, 0.6) is 11.5 Å². The molecule has 4 nitrogen and oxygen atoms in total. The van der Waals surface area contributed by atoms with Gasteiger partial charge < -0.3 is 14.9 Å². The first kappa shape index (κ1) is 17.2. The molecule has 1 unspecified atom stereocenters. The number of thioether (sulfide) groups is 1. The van der Waals surface area contributed by atoms with Crippen LogP contribution in [-0.4, -0.2) is 23.3 Å². The van der Waals surface area contributed by atoms with Gasteiger partial charge in [-0.3, -0.25) is 4.79 Å². The van der Waals surface area contributed by atoms with Crippen molar-refractivity contribution in [1.82, 2.24) is 0 Å². The number of phenolic OH excluding ortho intramolecular Hbond substituents is 1. The molecule has 0 saturated carbocycles. The van der Waals surface area contributed by atoms with Crippen LogP contribution in [0.15, 0.2) is 48.5 Å². The fourth-order valence-corrected chi connectivity index (χ4v) is 3.55. The van der Waals surface area contributed by atoms with E-state index in [9.17, 15) is 15.0 Å². The van der Waals surface area contributed by atoms with Crippen LogP contribution in [0.3, 0.4) is 0 Å². The van der Waals surface area contributed by atoms with Gasteiger partial charge in [0.15, 0.2) is 0 Å². The van der Waals surface area contributed by atoms with Gasteiger partial charge in [-0.15, -0.1) is 11.8 Å². The molecule has 0 bridgehead atoms. The van der Waals surface area contributed by atoms with E-state index in [1.165, 1.54) is 0 Å². The second-order valence-corrected chi connectivity index (χ2v) is 6.43. The molecule has 0 aliphatic rings. The lowest BCUT2D eigenvalue weighted by atomic mass is 10.0. The number of ether oxygens (including phenoxy) is 1. The van der Waals surface area contributed by atoms with Gasteiger partial charge in [0.1, 0.15) is 11.5 Å². The third-order valence-electron chi connectivity index (χ3n) is 3.65. The number of carboxylic acids is 1. The number of hydrogen-bond acceptors (Lipinski definition) is 4. The number of aliphatic carboxylic acids is 1. The van der Waals surface area contributed by atoms with Gasteiger partial charge in [-0.25, -0.2) is 0 Å². The van der Waals surface area contributed by atoms with E-state index in [0.29, 0.717) is 5.75 Å². The summed E-state index contributed by atoms with van der Waals surface area (Å²) in [6, 6.07) is 14.5. The minimum atomic E-state index is -0.828. The summed E-state index contributed by atoms with van der Waals surface area (Å²) in [6.45, 7) is 1.71. The molecular formula is C18H20O4S. The largest absolute Gasteiger partial charge is 0.508 e. The molecule has 122 valence electrons. The number of methoxy groups -OCH3 is 1. The van der Waals surface area contributed by atoms with Crippen LogP contribution in [-0.2, 0) is 10.5 Å². The first-order valence-corrected chi connectivity index (χ1v) is 8.32. The van der Waals surface area contributed by atoms with E-state index < -0.39 is 11.9 Å². The summed E-state index contributed by atoms with van der Waals surface area (Å²) in [7, 11) is 1.62. The standard InChI is InChI=1S/C18H20O4S/c1-12(18(20)21)17(14-5-7-15(19)8-6-14)23-11-13-3-9-16(22-2)10-4-13/h3-10,12,17,19H,11H2,1-2H3,(H,20,21)/t12-,17?/m0/s1. The van der Waals surface area contributed by atoms with Crippen LogP contribution in [0.25, 0.3) is 0 Å². The van der Waals surface area contributed by atoms with Crippen LogP contribution in [0.4, 0.5) is 0 Å². The minimum absolute atomic E-state index is 0.177. The Labute approximate surface area is 140 Å². The Hall–Kier alpha value is -2.14. The molecule has 0 radical (unpaired) electrons. The Balaban J connectivity index is 2.13. The molecule has 0 aliphatic carbocycles. The highest BCUT2D eigenvalue weighted by atomic mass is 32.2. The highest BCUT2D eigenvalue weighted by Gasteiger charge is 2.25. The molecule has 0 spiro atoms. The highest BCUT2D eigenvalue weighted by Crippen LogP contribution is 2.38. The lowest BCUT2D eigenvalue weighted by Crippen LogP contribution is -2.17. The molecule has 0 amide bonds. The SMILES string of the molecule is COc1ccc(CSC(c2ccc(O)cc2)[C@H](C)C(=O)O)cc1. The van der Waals surface area contributed by atoms with Crippen molar-refractivity contribution in [2.75, 3.05) is 7.11 Å². The van der Waals surface area contributed by atoms with Crippen molar-refractivity contribution in [3.8, 4) is 11.5 Å². The second-order valence-electron chi connectivity index (χ2n) is 5.30. The molecule has 2 N–H and O–H groups in total. The fraction of sp³-hybridized carbons (Fsp3) is 0.278. The number of benzene rings is 2. The minimum Gasteiger partial charge on any atom is -0.508 e. The summed E-state index contributed by atoms with van der Waals surface area (Å²) in [5.74, 6) is 0.323. The van der Waals surface area contributed by atoms with Gasteiger partial charge in [0.2, 0.25) is 0 Å². The lowest BCUT2D eigenvalue weighted by molar-refractivity contribution is -0.141. The number of aromatic hydroxyl groups is 1. The van der Waals surface area contributed by atoms with Gasteiger partial charge in [-0.2, -0.15) is 0 Å². The number of carbonyl (C=O) groups is 1. The number of phenols is 1. The topological polar surface area (TPSA) is 66.8 Å². The van der Waals surface area contributed by atoms with Crippen molar-refractivity contribution in [2.24, 2.45) is 5.92 Å². The van der Waals surface area contributed by atoms with Crippen LogP contribution >= 0.6 is 11.8 Å². The third-order valence-corrected chi connectivity index (χ3v) is 5.19. The molecule has 0 aliphatic heterocycles. The van der Waals surface area contributed by atoms with Crippen molar-refractivity contribution >= 4 is 17.7 Å². The van der Waals surface area contributed by atoms with Gasteiger partial charge in [0, 0.05) is 11.0 Å². The van der Waals surface area contributed by atoms with Crippen LogP contribution in [0, 0.1) is 5.92 Å². The van der Waals surface area contributed by atoms with Crippen LogP contribution in [0.2, 0.25) is 0 Å². The van der Waals surface area contributed by atoms with E-state index in [1.54, 1.807) is 50.1 Å². The van der Waals surface area contributed by atoms with E-state index in [1.807, 2.05) is 24.3 Å². The first-order valence-electron chi connectivity index (χ1n) is 7.27. The lowest BCUT2D eigenvalue weighted by Gasteiger charge is -2.21. The van der Waals surface area contributed by atoms with Crippen molar-refractivity contribution in [2.45, 2.75) is 17.9 Å². The van der Waals surface area contributed by atoms with Crippen LogP contribution < -0.4 is 4.74 Å². The normalized spacial score (nSPS) is 13.3.